The molecule has 112 valence electrons. The average Bonchev–Trinajstić information content (AvgIpc) is 3.07. The largest absolute Gasteiger partial charge is 0.493 e. The first-order valence-electron chi connectivity index (χ1n) is 6.62. The number of nitrogen functional groups attached to an aromatic ring is 1. The topological polar surface area (TPSA) is 70.3 Å². The zero-order valence-corrected chi connectivity index (χ0v) is 13.1. The van der Waals surface area contributed by atoms with E-state index < -0.39 is 0 Å². The van der Waals surface area contributed by atoms with Crippen molar-refractivity contribution in [2.75, 3.05) is 20.0 Å². The molecule has 0 aliphatic heterocycles. The van der Waals surface area contributed by atoms with Crippen molar-refractivity contribution in [3.63, 3.8) is 0 Å². The molecule has 3 aromatic rings. The van der Waals surface area contributed by atoms with Crippen molar-refractivity contribution in [2.24, 2.45) is 0 Å². The summed E-state index contributed by atoms with van der Waals surface area (Å²) in [4.78, 5) is 9.68. The summed E-state index contributed by atoms with van der Waals surface area (Å²) in [6, 6.07) is 11.5. The Morgan fingerprint density at radius 2 is 1.82 bits per heavy atom. The van der Waals surface area contributed by atoms with Gasteiger partial charge in [0.25, 0.3) is 0 Å². The van der Waals surface area contributed by atoms with E-state index in [2.05, 4.69) is 9.97 Å². The summed E-state index contributed by atoms with van der Waals surface area (Å²) in [5.41, 5.74) is 8.18. The van der Waals surface area contributed by atoms with Gasteiger partial charge in [-0.2, -0.15) is 0 Å². The highest BCUT2D eigenvalue weighted by Gasteiger charge is 2.15. The molecule has 0 aliphatic carbocycles. The molecule has 6 heteroatoms. The molecule has 0 atom stereocenters. The fourth-order valence-corrected chi connectivity index (χ4v) is 2.93. The van der Waals surface area contributed by atoms with Crippen molar-refractivity contribution in [3.05, 3.63) is 41.8 Å². The maximum atomic E-state index is 5.88. The predicted octanol–water partition coefficient (Wildman–Crippen LogP) is 3.47. The molecule has 1 aromatic carbocycles. The lowest BCUT2D eigenvalue weighted by molar-refractivity contribution is 0.356. The highest BCUT2D eigenvalue weighted by atomic mass is 32.1. The normalized spacial score (nSPS) is 10.5. The van der Waals surface area contributed by atoms with Crippen LogP contribution >= 0.6 is 11.3 Å². The number of aromatic nitrogens is 2. The van der Waals surface area contributed by atoms with Crippen molar-refractivity contribution in [3.8, 4) is 33.3 Å². The standard InChI is InChI=1S/C16H15N3O2S/c1-20-13-6-3-5-10(15(13)21-2)11-9-12(19-16(17)18-11)14-7-4-8-22-14/h3-9H,1-2H3,(H2,17,18,19). The summed E-state index contributed by atoms with van der Waals surface area (Å²) < 4.78 is 10.8. The molecular formula is C16H15N3O2S. The SMILES string of the molecule is COc1cccc(-c2cc(-c3cccs3)nc(N)n2)c1OC. The maximum absolute atomic E-state index is 5.88. The number of rotatable bonds is 4. The summed E-state index contributed by atoms with van der Waals surface area (Å²) in [6.45, 7) is 0. The lowest BCUT2D eigenvalue weighted by atomic mass is 10.1. The Labute approximate surface area is 132 Å². The minimum Gasteiger partial charge on any atom is -0.493 e. The van der Waals surface area contributed by atoms with Gasteiger partial charge < -0.3 is 15.2 Å². The molecule has 0 spiro atoms. The van der Waals surface area contributed by atoms with Gasteiger partial charge in [0.1, 0.15) is 0 Å². The number of benzene rings is 1. The van der Waals surface area contributed by atoms with Crippen molar-refractivity contribution < 1.29 is 9.47 Å². The van der Waals surface area contributed by atoms with Crippen LogP contribution < -0.4 is 15.2 Å². The number of ether oxygens (including phenoxy) is 2. The van der Waals surface area contributed by atoms with Gasteiger partial charge in [-0.05, 0) is 29.6 Å². The lowest BCUT2D eigenvalue weighted by Gasteiger charge is -2.12. The lowest BCUT2D eigenvalue weighted by Crippen LogP contribution is -2.00. The van der Waals surface area contributed by atoms with Crippen LogP contribution in [-0.4, -0.2) is 24.2 Å². The van der Waals surface area contributed by atoms with Crippen molar-refractivity contribution in [1.82, 2.24) is 9.97 Å². The van der Waals surface area contributed by atoms with E-state index in [0.717, 1.165) is 16.1 Å². The van der Waals surface area contributed by atoms with Crippen LogP contribution in [-0.2, 0) is 0 Å². The molecule has 2 heterocycles. The number of anilines is 1. The smallest absolute Gasteiger partial charge is 0.221 e. The molecule has 22 heavy (non-hydrogen) atoms. The van der Waals surface area contributed by atoms with Crippen LogP contribution in [0.25, 0.3) is 21.8 Å². The van der Waals surface area contributed by atoms with Crippen molar-refractivity contribution in [2.45, 2.75) is 0 Å². The molecule has 3 rings (SSSR count). The third kappa shape index (κ3) is 2.60. The highest BCUT2D eigenvalue weighted by Crippen LogP contribution is 2.38. The van der Waals surface area contributed by atoms with E-state index in [-0.39, 0.29) is 5.95 Å². The second-order valence-electron chi connectivity index (χ2n) is 4.52. The molecule has 2 N–H and O–H groups in total. The van der Waals surface area contributed by atoms with Crippen LogP contribution in [0.4, 0.5) is 5.95 Å². The second-order valence-corrected chi connectivity index (χ2v) is 5.46. The van der Waals surface area contributed by atoms with Gasteiger partial charge in [-0.25, -0.2) is 9.97 Å². The number of thiophene rings is 1. The third-order valence-corrected chi connectivity index (χ3v) is 4.09. The molecule has 5 nitrogen and oxygen atoms in total. The van der Waals surface area contributed by atoms with Gasteiger partial charge >= 0.3 is 0 Å². The van der Waals surface area contributed by atoms with E-state index in [0.29, 0.717) is 17.2 Å². The van der Waals surface area contributed by atoms with Gasteiger partial charge in [0, 0.05) is 5.56 Å². The zero-order chi connectivity index (χ0) is 15.5. The first-order valence-corrected chi connectivity index (χ1v) is 7.50. The molecule has 2 aromatic heterocycles. The number of hydrogen-bond acceptors (Lipinski definition) is 6. The van der Waals surface area contributed by atoms with Crippen molar-refractivity contribution in [1.29, 1.82) is 0 Å². The summed E-state index contributed by atoms with van der Waals surface area (Å²) in [5.74, 6) is 1.50. The fraction of sp³-hybridized carbons (Fsp3) is 0.125. The van der Waals surface area contributed by atoms with E-state index in [1.54, 1.807) is 25.6 Å². The Bertz CT molecular complexity index is 788. The molecule has 0 aliphatic rings. The van der Waals surface area contributed by atoms with Gasteiger partial charge in [0.15, 0.2) is 11.5 Å². The van der Waals surface area contributed by atoms with Crippen LogP contribution in [0.3, 0.4) is 0 Å². The summed E-state index contributed by atoms with van der Waals surface area (Å²) in [7, 11) is 3.21. The van der Waals surface area contributed by atoms with Crippen LogP contribution in [0, 0.1) is 0 Å². The Hall–Kier alpha value is -2.60. The molecule has 0 fully saturated rings. The van der Waals surface area contributed by atoms with Crippen LogP contribution in [0.1, 0.15) is 0 Å². The van der Waals surface area contributed by atoms with Gasteiger partial charge in [-0.15, -0.1) is 11.3 Å². The molecule has 0 unspecified atom stereocenters. The van der Waals surface area contributed by atoms with Gasteiger partial charge in [-0.3, -0.25) is 0 Å². The number of methoxy groups -OCH3 is 2. The van der Waals surface area contributed by atoms with E-state index >= 15 is 0 Å². The predicted molar refractivity (Wildman–Crippen MR) is 88.3 cm³/mol. The van der Waals surface area contributed by atoms with E-state index in [1.807, 2.05) is 41.8 Å². The Kier molecular flexibility index (Phi) is 3.93. The summed E-state index contributed by atoms with van der Waals surface area (Å²) >= 11 is 1.60. The molecular weight excluding hydrogens is 298 g/mol. The first kappa shape index (κ1) is 14.3. The maximum Gasteiger partial charge on any atom is 0.221 e. The molecule has 0 bridgehead atoms. The third-order valence-electron chi connectivity index (χ3n) is 3.20. The van der Waals surface area contributed by atoms with Crippen LogP contribution in [0.15, 0.2) is 41.8 Å². The molecule has 0 amide bonds. The Balaban J connectivity index is 2.17. The van der Waals surface area contributed by atoms with E-state index in [1.165, 1.54) is 0 Å². The Morgan fingerprint density at radius 1 is 1.00 bits per heavy atom. The quantitative estimate of drug-likeness (QED) is 0.798. The summed E-state index contributed by atoms with van der Waals surface area (Å²) in [5, 5.41) is 2.00. The monoisotopic (exact) mass is 313 g/mol. The Morgan fingerprint density at radius 3 is 2.50 bits per heavy atom. The average molecular weight is 313 g/mol. The summed E-state index contributed by atoms with van der Waals surface area (Å²) in [6.07, 6.45) is 0. The minimum absolute atomic E-state index is 0.228. The van der Waals surface area contributed by atoms with Crippen LogP contribution in [0.5, 0.6) is 11.5 Å². The van der Waals surface area contributed by atoms with Gasteiger partial charge in [-0.1, -0.05) is 12.1 Å². The van der Waals surface area contributed by atoms with E-state index in [9.17, 15) is 0 Å². The molecule has 0 saturated carbocycles. The fourth-order valence-electron chi connectivity index (χ4n) is 2.24. The zero-order valence-electron chi connectivity index (χ0n) is 12.2. The highest BCUT2D eigenvalue weighted by molar-refractivity contribution is 7.13. The number of para-hydroxylation sites is 1. The first-order chi connectivity index (χ1) is 10.7. The van der Waals surface area contributed by atoms with E-state index in [4.69, 9.17) is 15.2 Å². The number of nitrogens with zero attached hydrogens (tertiary/aromatic N) is 2. The van der Waals surface area contributed by atoms with Crippen molar-refractivity contribution >= 4 is 17.3 Å². The van der Waals surface area contributed by atoms with Gasteiger partial charge in [0.05, 0.1) is 30.5 Å². The number of hydrogen-bond donors (Lipinski definition) is 1. The minimum atomic E-state index is 0.228. The second kappa shape index (κ2) is 6.03. The molecule has 0 saturated heterocycles. The van der Waals surface area contributed by atoms with Crippen LogP contribution in [0.2, 0.25) is 0 Å². The molecule has 0 radical (unpaired) electrons. The number of nitrogens with two attached hydrogens (primary N) is 1. The van der Waals surface area contributed by atoms with Gasteiger partial charge in [0.2, 0.25) is 5.95 Å².